The van der Waals surface area contributed by atoms with Crippen LogP contribution in [0.5, 0.6) is 0 Å². The highest BCUT2D eigenvalue weighted by molar-refractivity contribution is 6.10. The molecule has 0 spiro atoms. The van der Waals surface area contributed by atoms with Crippen molar-refractivity contribution in [2.45, 2.75) is 18.9 Å². The van der Waals surface area contributed by atoms with Crippen LogP contribution in [0.1, 0.15) is 28.9 Å². The molecular weight excluding hydrogens is 476 g/mol. The summed E-state index contributed by atoms with van der Waals surface area (Å²) < 4.78 is 11.4. The van der Waals surface area contributed by atoms with Gasteiger partial charge in [0.25, 0.3) is 11.9 Å². The number of nitrogens with one attached hydrogen (secondary N) is 1. The lowest BCUT2D eigenvalue weighted by Gasteiger charge is -2.32. The maximum absolute atomic E-state index is 13.6. The fourth-order valence-corrected chi connectivity index (χ4v) is 4.47. The maximum Gasteiger partial charge on any atom is 0.300 e. The highest BCUT2D eigenvalue weighted by Crippen LogP contribution is 2.30. The van der Waals surface area contributed by atoms with Gasteiger partial charge in [-0.25, -0.2) is 9.97 Å². The number of aromatic nitrogens is 3. The van der Waals surface area contributed by atoms with Crippen molar-refractivity contribution in [2.24, 2.45) is 10.7 Å². The first-order chi connectivity index (χ1) is 18.1. The molecule has 1 atom stereocenters. The van der Waals surface area contributed by atoms with E-state index in [0.29, 0.717) is 91.5 Å². The number of β-amino-alcohol motifs (C(OH)–C–C–N with tert-alkyl or cyclic N) is 1. The van der Waals surface area contributed by atoms with Crippen molar-refractivity contribution in [2.75, 3.05) is 61.6 Å². The van der Waals surface area contributed by atoms with E-state index in [2.05, 4.69) is 20.3 Å². The van der Waals surface area contributed by atoms with E-state index in [0.717, 1.165) is 6.42 Å². The van der Waals surface area contributed by atoms with Crippen LogP contribution in [0.3, 0.4) is 0 Å². The molecule has 1 amide bonds. The number of carbonyl (C=O) groups is 1. The Balaban J connectivity index is 1.50. The summed E-state index contributed by atoms with van der Waals surface area (Å²) in [7, 11) is 1.64. The number of aliphatic hydroxyl groups excluding tert-OH is 1. The molecule has 1 unspecified atom stereocenters. The van der Waals surface area contributed by atoms with Gasteiger partial charge in [0.1, 0.15) is 11.6 Å². The molecule has 12 heteroatoms. The summed E-state index contributed by atoms with van der Waals surface area (Å²) in [5, 5.41) is 13.1. The SMILES string of the molecule is CN=CC(=CN)c1cccc(NC(=O)c2cc3oc(N4CCOCC4)nc3nc2N2CCCC(O)C2)n1. The van der Waals surface area contributed by atoms with Crippen LogP contribution < -0.4 is 20.9 Å². The minimum Gasteiger partial charge on any atom is -0.422 e. The van der Waals surface area contributed by atoms with Crippen molar-refractivity contribution in [3.05, 3.63) is 41.7 Å². The molecule has 3 aromatic heterocycles. The Labute approximate surface area is 213 Å². The first-order valence-electron chi connectivity index (χ1n) is 12.3. The fraction of sp³-hybridized carbons (Fsp3) is 0.400. The van der Waals surface area contributed by atoms with E-state index >= 15 is 0 Å². The molecule has 37 heavy (non-hydrogen) atoms. The summed E-state index contributed by atoms with van der Waals surface area (Å²) in [4.78, 5) is 35.3. The number of hydrogen-bond donors (Lipinski definition) is 3. The second-order valence-corrected chi connectivity index (χ2v) is 8.89. The van der Waals surface area contributed by atoms with Crippen LogP contribution in [-0.2, 0) is 4.74 Å². The average molecular weight is 507 g/mol. The summed E-state index contributed by atoms with van der Waals surface area (Å²) in [6.45, 7) is 3.55. The van der Waals surface area contributed by atoms with Gasteiger partial charge in [0.15, 0.2) is 5.58 Å². The predicted octanol–water partition coefficient (Wildman–Crippen LogP) is 1.67. The van der Waals surface area contributed by atoms with Crippen molar-refractivity contribution in [1.29, 1.82) is 0 Å². The Bertz CT molecular complexity index is 1330. The van der Waals surface area contributed by atoms with Crippen LogP contribution in [0.25, 0.3) is 16.8 Å². The second-order valence-electron chi connectivity index (χ2n) is 8.89. The Morgan fingerprint density at radius 1 is 1.22 bits per heavy atom. The number of aliphatic hydroxyl groups is 1. The molecule has 5 rings (SSSR count). The number of hydrogen-bond acceptors (Lipinski definition) is 11. The molecule has 5 heterocycles. The number of nitrogens with two attached hydrogens (primary N) is 1. The van der Waals surface area contributed by atoms with E-state index < -0.39 is 12.0 Å². The maximum atomic E-state index is 13.6. The molecule has 0 aliphatic carbocycles. The Morgan fingerprint density at radius 2 is 2.05 bits per heavy atom. The number of allylic oxidation sites excluding steroid dienone is 1. The third-order valence-corrected chi connectivity index (χ3v) is 6.31. The van der Waals surface area contributed by atoms with Crippen molar-refractivity contribution in [3.63, 3.8) is 0 Å². The van der Waals surface area contributed by atoms with E-state index in [1.165, 1.54) is 6.20 Å². The normalized spacial score (nSPS) is 19.1. The summed E-state index contributed by atoms with van der Waals surface area (Å²) in [5.74, 6) is 0.394. The van der Waals surface area contributed by atoms with E-state index in [4.69, 9.17) is 19.9 Å². The zero-order valence-corrected chi connectivity index (χ0v) is 20.6. The van der Waals surface area contributed by atoms with Gasteiger partial charge in [-0.2, -0.15) is 4.98 Å². The smallest absolute Gasteiger partial charge is 0.300 e. The summed E-state index contributed by atoms with van der Waals surface area (Å²) >= 11 is 0. The van der Waals surface area contributed by atoms with Gasteiger partial charge >= 0.3 is 0 Å². The Hall–Kier alpha value is -4.03. The second kappa shape index (κ2) is 10.9. The largest absolute Gasteiger partial charge is 0.422 e. The van der Waals surface area contributed by atoms with Gasteiger partial charge in [0, 0.05) is 57.3 Å². The third kappa shape index (κ3) is 5.39. The molecule has 2 saturated heterocycles. The van der Waals surface area contributed by atoms with Gasteiger partial charge in [0.05, 0.1) is 30.6 Å². The molecule has 12 nitrogen and oxygen atoms in total. The van der Waals surface area contributed by atoms with Crippen LogP contribution >= 0.6 is 0 Å². The topological polar surface area (TPSA) is 155 Å². The number of pyridine rings is 2. The van der Waals surface area contributed by atoms with Crippen LogP contribution in [-0.4, -0.2) is 84.7 Å². The highest BCUT2D eigenvalue weighted by Gasteiger charge is 2.27. The van der Waals surface area contributed by atoms with Gasteiger partial charge in [0.2, 0.25) is 5.65 Å². The summed E-state index contributed by atoms with van der Waals surface area (Å²) in [6.07, 6.45) is 4.01. The van der Waals surface area contributed by atoms with Gasteiger partial charge in [-0.05, 0) is 25.0 Å². The number of rotatable bonds is 6. The highest BCUT2D eigenvalue weighted by atomic mass is 16.5. The molecule has 0 radical (unpaired) electrons. The quantitative estimate of drug-likeness (QED) is 0.420. The van der Waals surface area contributed by atoms with Gasteiger partial charge in [-0.3, -0.25) is 9.79 Å². The lowest BCUT2D eigenvalue weighted by Crippen LogP contribution is -2.39. The number of amides is 1. The zero-order chi connectivity index (χ0) is 25.8. The minimum atomic E-state index is -0.497. The Kier molecular flexibility index (Phi) is 7.28. The van der Waals surface area contributed by atoms with E-state index in [1.807, 2.05) is 9.80 Å². The number of oxazole rings is 1. The monoisotopic (exact) mass is 506 g/mol. The number of anilines is 3. The van der Waals surface area contributed by atoms with Crippen molar-refractivity contribution in [1.82, 2.24) is 15.0 Å². The molecule has 2 fully saturated rings. The van der Waals surface area contributed by atoms with Crippen molar-refractivity contribution in [3.8, 4) is 0 Å². The molecule has 194 valence electrons. The zero-order valence-electron chi connectivity index (χ0n) is 20.6. The average Bonchev–Trinajstić information content (AvgIpc) is 3.35. The lowest BCUT2D eigenvalue weighted by molar-refractivity contribution is 0.102. The Morgan fingerprint density at radius 3 is 2.81 bits per heavy atom. The molecule has 3 aromatic rings. The number of nitrogens with zero attached hydrogens (tertiary/aromatic N) is 6. The number of morpholine rings is 1. The van der Waals surface area contributed by atoms with Gasteiger partial charge in [-0.1, -0.05) is 6.07 Å². The van der Waals surface area contributed by atoms with Crippen LogP contribution in [0, 0.1) is 0 Å². The van der Waals surface area contributed by atoms with E-state index in [9.17, 15) is 9.90 Å². The molecule has 0 saturated carbocycles. The van der Waals surface area contributed by atoms with Crippen LogP contribution in [0.15, 0.2) is 39.9 Å². The molecule has 2 aliphatic rings. The van der Waals surface area contributed by atoms with Gasteiger partial charge in [-0.15, -0.1) is 0 Å². The molecule has 0 bridgehead atoms. The minimum absolute atomic E-state index is 0.309. The molecule has 4 N–H and O–H groups in total. The summed E-state index contributed by atoms with van der Waals surface area (Å²) in [5.41, 5.74) is 8.03. The number of aliphatic imine (C=N–C) groups is 1. The number of fused-ring (bicyclic) bond motifs is 1. The fourth-order valence-electron chi connectivity index (χ4n) is 4.47. The van der Waals surface area contributed by atoms with Gasteiger partial charge < -0.3 is 35.1 Å². The number of carbonyl (C=O) groups excluding carboxylic acids is 1. The lowest BCUT2D eigenvalue weighted by atomic mass is 10.1. The van der Waals surface area contributed by atoms with Crippen molar-refractivity contribution >= 4 is 46.6 Å². The molecular formula is C25H30N8O4. The predicted molar refractivity (Wildman–Crippen MR) is 141 cm³/mol. The van der Waals surface area contributed by atoms with Crippen LogP contribution in [0.4, 0.5) is 17.7 Å². The number of piperidine rings is 1. The van der Waals surface area contributed by atoms with E-state index in [-0.39, 0.29) is 0 Å². The van der Waals surface area contributed by atoms with Crippen molar-refractivity contribution < 1.29 is 19.1 Å². The van der Waals surface area contributed by atoms with E-state index in [1.54, 1.807) is 37.5 Å². The first kappa shape index (κ1) is 24.7. The van der Waals surface area contributed by atoms with Crippen LogP contribution in [0.2, 0.25) is 0 Å². The molecule has 0 aromatic carbocycles. The number of ether oxygens (including phenoxy) is 1. The standard InChI is InChI=1S/C25H30N8O4/c1-27-14-16(13-26)19-5-2-6-21(28-19)29-24(35)18-12-20-22(30-23(18)33-7-3-4-17(34)15-33)31-25(37-20)32-8-10-36-11-9-32/h2,5-6,12-14,17,34H,3-4,7-11,15,26H2,1H3,(H,28,29,35). The summed E-state index contributed by atoms with van der Waals surface area (Å²) in [6, 6.07) is 7.36. The first-order valence-corrected chi connectivity index (χ1v) is 12.3. The molecule has 2 aliphatic heterocycles. The third-order valence-electron chi connectivity index (χ3n) is 6.31.